The second-order valence-corrected chi connectivity index (χ2v) is 5.97. The van der Waals surface area contributed by atoms with Crippen LogP contribution in [-0.2, 0) is 16.0 Å². The number of carbonyl (C=O) groups is 2. The summed E-state index contributed by atoms with van der Waals surface area (Å²) < 4.78 is 0. The van der Waals surface area contributed by atoms with E-state index in [1.54, 1.807) is 14.1 Å². The molecule has 1 aromatic carbocycles. The number of carbonyl (C=O) groups excluding carboxylic acids is 2. The zero-order chi connectivity index (χ0) is 15.2. The van der Waals surface area contributed by atoms with Crippen molar-refractivity contribution >= 4 is 28.7 Å². The number of benzene rings is 1. The van der Waals surface area contributed by atoms with Crippen molar-refractivity contribution in [3.8, 4) is 0 Å². The van der Waals surface area contributed by atoms with Crippen LogP contribution in [0.4, 0.5) is 0 Å². The molecule has 2 amide bonds. The molecule has 1 fully saturated rings. The van der Waals surface area contributed by atoms with E-state index in [0.717, 1.165) is 6.42 Å². The lowest BCUT2D eigenvalue weighted by atomic mass is 10.1. The fraction of sp³-hybridized carbons (Fsp3) is 0.400. The molecule has 0 aromatic heterocycles. The Labute approximate surface area is 128 Å². The molecular weight excluding hydrogens is 286 g/mol. The zero-order valence-corrected chi connectivity index (χ0v) is 13.0. The Morgan fingerprint density at radius 3 is 2.71 bits per heavy atom. The van der Waals surface area contributed by atoms with Crippen LogP contribution in [0, 0.1) is 0 Å². The molecule has 1 aliphatic heterocycles. The molecule has 1 aliphatic rings. The number of hydrogen-bond acceptors (Lipinski definition) is 4. The molecule has 5 nitrogen and oxygen atoms in total. The van der Waals surface area contributed by atoms with Crippen LogP contribution in [0.15, 0.2) is 35.3 Å². The van der Waals surface area contributed by atoms with Gasteiger partial charge in [0.05, 0.1) is 0 Å². The van der Waals surface area contributed by atoms with Crippen LogP contribution in [0.1, 0.15) is 12.0 Å². The quantitative estimate of drug-likeness (QED) is 0.892. The lowest BCUT2D eigenvalue weighted by Gasteiger charge is -2.09. The molecule has 1 N–H and O–H groups in total. The monoisotopic (exact) mass is 305 g/mol. The minimum absolute atomic E-state index is 0.0567. The SMILES string of the molecule is CN=C1SC(CC(=O)NCCc2ccccc2)C(=O)N1C. The first-order chi connectivity index (χ1) is 10.1. The molecule has 0 radical (unpaired) electrons. The number of nitrogens with zero attached hydrogens (tertiary/aromatic N) is 2. The van der Waals surface area contributed by atoms with Crippen LogP contribution in [-0.4, -0.2) is 47.8 Å². The Kier molecular flexibility index (Phi) is 5.38. The summed E-state index contributed by atoms with van der Waals surface area (Å²) >= 11 is 1.35. The topological polar surface area (TPSA) is 61.8 Å². The summed E-state index contributed by atoms with van der Waals surface area (Å²) in [6, 6.07) is 9.98. The lowest BCUT2D eigenvalue weighted by molar-refractivity contribution is -0.128. The van der Waals surface area contributed by atoms with Crippen LogP contribution < -0.4 is 5.32 Å². The normalized spacial score (nSPS) is 20.1. The lowest BCUT2D eigenvalue weighted by Crippen LogP contribution is -2.33. The summed E-state index contributed by atoms with van der Waals surface area (Å²) in [7, 11) is 3.33. The van der Waals surface area contributed by atoms with Gasteiger partial charge in [-0.1, -0.05) is 42.1 Å². The van der Waals surface area contributed by atoms with Crippen molar-refractivity contribution in [1.29, 1.82) is 0 Å². The third-order valence-corrected chi connectivity index (χ3v) is 4.60. The van der Waals surface area contributed by atoms with Crippen LogP contribution in [0.2, 0.25) is 0 Å². The predicted molar refractivity (Wildman–Crippen MR) is 85.3 cm³/mol. The summed E-state index contributed by atoms with van der Waals surface area (Å²) in [5, 5.41) is 3.18. The van der Waals surface area contributed by atoms with Gasteiger partial charge in [0.2, 0.25) is 11.8 Å². The number of amidine groups is 1. The molecular formula is C15H19N3O2S. The Morgan fingerprint density at radius 2 is 2.10 bits per heavy atom. The average molecular weight is 305 g/mol. The molecule has 1 saturated heterocycles. The van der Waals surface area contributed by atoms with Gasteiger partial charge in [0, 0.05) is 27.1 Å². The van der Waals surface area contributed by atoms with Crippen LogP contribution in [0.3, 0.4) is 0 Å². The first-order valence-electron chi connectivity index (χ1n) is 6.83. The molecule has 112 valence electrons. The van der Waals surface area contributed by atoms with Crippen molar-refractivity contribution in [3.63, 3.8) is 0 Å². The Morgan fingerprint density at radius 1 is 1.38 bits per heavy atom. The highest BCUT2D eigenvalue weighted by Crippen LogP contribution is 2.27. The molecule has 0 saturated carbocycles. The number of amides is 2. The van der Waals surface area contributed by atoms with E-state index in [1.807, 2.05) is 30.3 Å². The van der Waals surface area contributed by atoms with Crippen LogP contribution in [0.25, 0.3) is 0 Å². The molecule has 1 heterocycles. The number of thioether (sulfide) groups is 1. The van der Waals surface area contributed by atoms with Crippen molar-refractivity contribution in [2.75, 3.05) is 20.6 Å². The Hall–Kier alpha value is -1.82. The molecule has 0 bridgehead atoms. The molecule has 6 heteroatoms. The van der Waals surface area contributed by atoms with Gasteiger partial charge < -0.3 is 5.32 Å². The van der Waals surface area contributed by atoms with E-state index in [1.165, 1.54) is 22.2 Å². The highest BCUT2D eigenvalue weighted by Gasteiger charge is 2.36. The van der Waals surface area contributed by atoms with Gasteiger partial charge in [0.25, 0.3) is 0 Å². The van der Waals surface area contributed by atoms with Gasteiger partial charge in [-0.2, -0.15) is 0 Å². The van der Waals surface area contributed by atoms with Crippen molar-refractivity contribution in [2.45, 2.75) is 18.1 Å². The summed E-state index contributed by atoms with van der Waals surface area (Å²) in [6.45, 7) is 0.582. The second kappa shape index (κ2) is 7.26. The van der Waals surface area contributed by atoms with E-state index in [0.29, 0.717) is 11.7 Å². The maximum atomic E-state index is 11.9. The molecule has 0 aliphatic carbocycles. The second-order valence-electron chi connectivity index (χ2n) is 4.80. The van der Waals surface area contributed by atoms with E-state index in [2.05, 4.69) is 10.3 Å². The number of aliphatic imine (C=N–C) groups is 1. The average Bonchev–Trinajstić information content (AvgIpc) is 2.76. The van der Waals surface area contributed by atoms with Gasteiger partial charge in [0.1, 0.15) is 5.25 Å². The van der Waals surface area contributed by atoms with Crippen molar-refractivity contribution in [1.82, 2.24) is 10.2 Å². The first-order valence-corrected chi connectivity index (χ1v) is 7.71. The van der Waals surface area contributed by atoms with Crippen LogP contribution in [0.5, 0.6) is 0 Å². The predicted octanol–water partition coefficient (Wildman–Crippen LogP) is 1.29. The fourth-order valence-corrected chi connectivity index (χ4v) is 3.23. The summed E-state index contributed by atoms with van der Waals surface area (Å²) in [5.41, 5.74) is 1.18. The van der Waals surface area contributed by atoms with Gasteiger partial charge in [-0.3, -0.25) is 19.5 Å². The molecule has 1 atom stereocenters. The third-order valence-electron chi connectivity index (χ3n) is 3.28. The van der Waals surface area contributed by atoms with Crippen molar-refractivity contribution < 1.29 is 9.59 Å². The largest absolute Gasteiger partial charge is 0.356 e. The molecule has 1 unspecified atom stereocenters. The molecule has 2 rings (SSSR count). The summed E-state index contributed by atoms with van der Waals surface area (Å²) in [4.78, 5) is 29.4. The van der Waals surface area contributed by atoms with E-state index < -0.39 is 0 Å². The number of hydrogen-bond donors (Lipinski definition) is 1. The van der Waals surface area contributed by atoms with Gasteiger partial charge in [-0.05, 0) is 12.0 Å². The molecule has 0 spiro atoms. The maximum absolute atomic E-state index is 11.9. The third kappa shape index (κ3) is 4.07. The smallest absolute Gasteiger partial charge is 0.242 e. The first kappa shape index (κ1) is 15.6. The molecule has 1 aromatic rings. The minimum Gasteiger partial charge on any atom is -0.356 e. The zero-order valence-electron chi connectivity index (χ0n) is 12.2. The van der Waals surface area contributed by atoms with E-state index >= 15 is 0 Å². The standard InChI is InChI=1S/C15H19N3O2S/c1-16-15-18(2)14(20)12(21-15)10-13(19)17-9-8-11-6-4-3-5-7-11/h3-7,12H,8-10H2,1-2H3,(H,17,19). The minimum atomic E-state index is -0.356. The summed E-state index contributed by atoms with van der Waals surface area (Å²) in [6.07, 6.45) is 0.988. The highest BCUT2D eigenvalue weighted by atomic mass is 32.2. The maximum Gasteiger partial charge on any atom is 0.242 e. The van der Waals surface area contributed by atoms with E-state index in [-0.39, 0.29) is 23.5 Å². The number of nitrogens with one attached hydrogen (secondary N) is 1. The fourth-order valence-electron chi connectivity index (χ4n) is 2.13. The Balaban J connectivity index is 1.76. The van der Waals surface area contributed by atoms with Crippen LogP contribution >= 0.6 is 11.8 Å². The molecule has 21 heavy (non-hydrogen) atoms. The van der Waals surface area contributed by atoms with E-state index in [4.69, 9.17) is 0 Å². The van der Waals surface area contributed by atoms with Gasteiger partial charge in [-0.15, -0.1) is 0 Å². The highest BCUT2D eigenvalue weighted by molar-refractivity contribution is 8.15. The van der Waals surface area contributed by atoms with E-state index in [9.17, 15) is 9.59 Å². The number of rotatable bonds is 5. The Bertz CT molecular complexity index is 545. The van der Waals surface area contributed by atoms with Crippen molar-refractivity contribution in [3.05, 3.63) is 35.9 Å². The summed E-state index contributed by atoms with van der Waals surface area (Å²) in [5.74, 6) is -0.152. The van der Waals surface area contributed by atoms with Gasteiger partial charge >= 0.3 is 0 Å². The van der Waals surface area contributed by atoms with Gasteiger partial charge in [-0.25, -0.2) is 0 Å². The van der Waals surface area contributed by atoms with Gasteiger partial charge in [0.15, 0.2) is 5.17 Å². The van der Waals surface area contributed by atoms with Crippen molar-refractivity contribution in [2.24, 2.45) is 4.99 Å².